The molecular weight excluding hydrogens is 286 g/mol. The lowest BCUT2D eigenvalue weighted by atomic mass is 10.2. The van der Waals surface area contributed by atoms with E-state index in [9.17, 15) is 23.1 Å². The number of aliphatic hydroxyl groups excluding tert-OH is 1. The Balaban J connectivity index is 2.76. The van der Waals surface area contributed by atoms with Crippen molar-refractivity contribution in [2.45, 2.75) is 11.0 Å². The van der Waals surface area contributed by atoms with Crippen LogP contribution in [0.2, 0.25) is 0 Å². The molecule has 0 aliphatic rings. The van der Waals surface area contributed by atoms with Crippen molar-refractivity contribution in [3.05, 3.63) is 29.8 Å². The van der Waals surface area contributed by atoms with Gasteiger partial charge in [-0.05, 0) is 18.2 Å². The van der Waals surface area contributed by atoms with E-state index in [-0.39, 0.29) is 17.0 Å². The molecule has 1 aromatic carbocycles. The van der Waals surface area contributed by atoms with Gasteiger partial charge in [0.1, 0.15) is 0 Å². The smallest absolute Gasteiger partial charge is 0.336 e. The topological polar surface area (TPSA) is 110 Å². The Morgan fingerprint density at radius 1 is 1.40 bits per heavy atom. The molecule has 7 nitrogen and oxygen atoms in total. The fourth-order valence-corrected chi connectivity index (χ4v) is 2.05. The van der Waals surface area contributed by atoms with E-state index in [1.165, 1.54) is 24.3 Å². The molecule has 1 atom stereocenters. The standard InChI is InChI=1S/C12H15NO6S/c1-19-12(16)10(14)7-13-11(15)8-4-3-5-9(6-8)20(2,17)18/h3-6,10,14H,7H2,1-2H3,(H,13,15). The van der Waals surface area contributed by atoms with E-state index in [2.05, 4.69) is 10.1 Å². The second-order valence-electron chi connectivity index (χ2n) is 4.05. The van der Waals surface area contributed by atoms with Crippen LogP contribution in [0.3, 0.4) is 0 Å². The second kappa shape index (κ2) is 6.49. The minimum Gasteiger partial charge on any atom is -0.467 e. The number of carbonyl (C=O) groups is 2. The van der Waals surface area contributed by atoms with Gasteiger partial charge >= 0.3 is 5.97 Å². The Bertz CT molecular complexity index is 610. The number of hydrogen-bond donors (Lipinski definition) is 2. The number of sulfone groups is 1. The van der Waals surface area contributed by atoms with Crippen LogP contribution in [-0.4, -0.2) is 51.4 Å². The third kappa shape index (κ3) is 4.32. The van der Waals surface area contributed by atoms with E-state index in [0.29, 0.717) is 0 Å². The molecule has 1 rings (SSSR count). The molecule has 0 saturated heterocycles. The Morgan fingerprint density at radius 3 is 2.60 bits per heavy atom. The minimum atomic E-state index is -3.41. The van der Waals surface area contributed by atoms with Gasteiger partial charge in [-0.1, -0.05) is 6.07 Å². The van der Waals surface area contributed by atoms with Gasteiger partial charge in [0.25, 0.3) is 5.91 Å². The Kier molecular flexibility index (Phi) is 5.23. The van der Waals surface area contributed by atoms with Gasteiger partial charge in [0.2, 0.25) is 0 Å². The van der Waals surface area contributed by atoms with Crippen molar-refractivity contribution in [1.29, 1.82) is 0 Å². The van der Waals surface area contributed by atoms with E-state index >= 15 is 0 Å². The number of amides is 1. The van der Waals surface area contributed by atoms with Crippen molar-refractivity contribution in [2.24, 2.45) is 0 Å². The van der Waals surface area contributed by atoms with Crippen LogP contribution in [-0.2, 0) is 19.4 Å². The number of benzene rings is 1. The third-order valence-corrected chi connectivity index (χ3v) is 3.56. The highest BCUT2D eigenvalue weighted by Crippen LogP contribution is 2.11. The number of aliphatic hydroxyl groups is 1. The Hall–Kier alpha value is -1.93. The summed E-state index contributed by atoms with van der Waals surface area (Å²) in [6.07, 6.45) is -0.438. The number of nitrogens with one attached hydrogen (secondary N) is 1. The monoisotopic (exact) mass is 301 g/mol. The van der Waals surface area contributed by atoms with Crippen LogP contribution < -0.4 is 5.32 Å². The number of hydrogen-bond acceptors (Lipinski definition) is 6. The van der Waals surface area contributed by atoms with Crippen LogP contribution in [0.5, 0.6) is 0 Å². The molecule has 0 bridgehead atoms. The van der Waals surface area contributed by atoms with Gasteiger partial charge in [-0.2, -0.15) is 0 Å². The van der Waals surface area contributed by atoms with Crippen molar-refractivity contribution in [2.75, 3.05) is 19.9 Å². The summed E-state index contributed by atoms with van der Waals surface area (Å²) in [7, 11) is -2.30. The molecule has 0 heterocycles. The molecule has 0 radical (unpaired) electrons. The molecule has 0 fully saturated rings. The van der Waals surface area contributed by atoms with E-state index in [4.69, 9.17) is 0 Å². The molecule has 8 heteroatoms. The lowest BCUT2D eigenvalue weighted by Gasteiger charge is -2.10. The lowest BCUT2D eigenvalue weighted by molar-refractivity contribution is -0.149. The first-order chi connectivity index (χ1) is 9.25. The fraction of sp³-hybridized carbons (Fsp3) is 0.333. The maximum absolute atomic E-state index is 11.8. The molecule has 0 aliphatic carbocycles. The fourth-order valence-electron chi connectivity index (χ4n) is 1.38. The molecule has 0 aromatic heterocycles. The van der Waals surface area contributed by atoms with Crippen molar-refractivity contribution in [3.63, 3.8) is 0 Å². The van der Waals surface area contributed by atoms with Gasteiger partial charge in [0, 0.05) is 11.8 Å². The average Bonchev–Trinajstić information content (AvgIpc) is 2.42. The Labute approximate surface area is 116 Å². The zero-order valence-corrected chi connectivity index (χ0v) is 11.8. The summed E-state index contributed by atoms with van der Waals surface area (Å²) in [6.45, 7) is -0.325. The van der Waals surface area contributed by atoms with Crippen molar-refractivity contribution in [3.8, 4) is 0 Å². The molecule has 20 heavy (non-hydrogen) atoms. The van der Waals surface area contributed by atoms with Gasteiger partial charge in [0.15, 0.2) is 15.9 Å². The molecule has 0 aliphatic heterocycles. The maximum atomic E-state index is 11.8. The number of rotatable bonds is 5. The summed E-state index contributed by atoms with van der Waals surface area (Å²) in [4.78, 5) is 22.7. The summed E-state index contributed by atoms with van der Waals surface area (Å²) in [5.41, 5.74) is 0.116. The predicted octanol–water partition coefficient (Wildman–Crippen LogP) is -0.646. The van der Waals surface area contributed by atoms with Gasteiger partial charge in [0.05, 0.1) is 18.6 Å². The quantitative estimate of drug-likeness (QED) is 0.700. The first kappa shape index (κ1) is 16.1. The van der Waals surface area contributed by atoms with Gasteiger partial charge in [-0.15, -0.1) is 0 Å². The molecule has 0 spiro atoms. The molecule has 0 saturated carbocycles. The summed E-state index contributed by atoms with van der Waals surface area (Å²) in [5, 5.41) is 11.6. The van der Waals surface area contributed by atoms with Crippen LogP contribution in [0.4, 0.5) is 0 Å². The average molecular weight is 301 g/mol. The number of carbonyl (C=O) groups excluding carboxylic acids is 2. The largest absolute Gasteiger partial charge is 0.467 e. The molecule has 2 N–H and O–H groups in total. The van der Waals surface area contributed by atoms with Crippen LogP contribution in [0, 0.1) is 0 Å². The zero-order valence-electron chi connectivity index (χ0n) is 11.0. The van der Waals surface area contributed by atoms with Crippen LogP contribution in [0.1, 0.15) is 10.4 Å². The van der Waals surface area contributed by atoms with Gasteiger partial charge in [-0.25, -0.2) is 13.2 Å². The van der Waals surface area contributed by atoms with Crippen LogP contribution in [0.25, 0.3) is 0 Å². The number of methoxy groups -OCH3 is 1. The lowest BCUT2D eigenvalue weighted by Crippen LogP contribution is -2.37. The van der Waals surface area contributed by atoms with Crippen LogP contribution in [0.15, 0.2) is 29.2 Å². The summed E-state index contributed by atoms with van der Waals surface area (Å²) in [5.74, 6) is -1.46. The predicted molar refractivity (Wildman–Crippen MR) is 69.9 cm³/mol. The van der Waals surface area contributed by atoms with Crippen molar-refractivity contribution in [1.82, 2.24) is 5.32 Å². The normalized spacial score (nSPS) is 12.6. The summed E-state index contributed by atoms with van der Waals surface area (Å²) >= 11 is 0. The highest BCUT2D eigenvalue weighted by atomic mass is 32.2. The molecule has 1 unspecified atom stereocenters. The Morgan fingerprint density at radius 2 is 2.05 bits per heavy atom. The minimum absolute atomic E-state index is 0.0127. The van der Waals surface area contributed by atoms with E-state index in [0.717, 1.165) is 13.4 Å². The first-order valence-corrected chi connectivity index (χ1v) is 7.49. The van der Waals surface area contributed by atoms with Gasteiger partial charge in [-0.3, -0.25) is 4.79 Å². The third-order valence-electron chi connectivity index (χ3n) is 2.45. The van der Waals surface area contributed by atoms with Crippen molar-refractivity contribution < 1.29 is 27.9 Å². The van der Waals surface area contributed by atoms with E-state index in [1.807, 2.05) is 0 Å². The molecular formula is C12H15NO6S. The van der Waals surface area contributed by atoms with Gasteiger partial charge < -0.3 is 15.2 Å². The highest BCUT2D eigenvalue weighted by molar-refractivity contribution is 7.90. The molecule has 1 amide bonds. The zero-order chi connectivity index (χ0) is 15.3. The van der Waals surface area contributed by atoms with Crippen LogP contribution >= 0.6 is 0 Å². The second-order valence-corrected chi connectivity index (χ2v) is 6.06. The summed E-state index contributed by atoms with van der Waals surface area (Å²) in [6, 6.07) is 5.45. The number of esters is 1. The SMILES string of the molecule is COC(=O)C(O)CNC(=O)c1cccc(S(C)(=O)=O)c1. The number of ether oxygens (including phenoxy) is 1. The highest BCUT2D eigenvalue weighted by Gasteiger charge is 2.17. The molecule has 110 valence electrons. The summed E-state index contributed by atoms with van der Waals surface area (Å²) < 4.78 is 27.0. The van der Waals surface area contributed by atoms with E-state index < -0.39 is 27.8 Å². The van der Waals surface area contributed by atoms with Crippen molar-refractivity contribution >= 4 is 21.7 Å². The first-order valence-electron chi connectivity index (χ1n) is 5.60. The van der Waals surface area contributed by atoms with E-state index in [1.54, 1.807) is 0 Å². The molecule has 1 aromatic rings. The maximum Gasteiger partial charge on any atom is 0.336 e.